The fourth-order valence-electron chi connectivity index (χ4n) is 2.31. The molecule has 0 fully saturated rings. The van der Waals surface area contributed by atoms with Crippen molar-refractivity contribution in [3.63, 3.8) is 0 Å². The lowest BCUT2D eigenvalue weighted by molar-refractivity contribution is -0.384. The largest absolute Gasteiger partial charge is 0.490 e. The fraction of sp³-hybridized carbons (Fsp3) is 0.278. The highest BCUT2D eigenvalue weighted by atomic mass is 35.5. The van der Waals surface area contributed by atoms with Crippen molar-refractivity contribution < 1.29 is 27.6 Å². The first-order valence-corrected chi connectivity index (χ1v) is 8.79. The number of hydrogen-bond donors (Lipinski definition) is 1. The molecule has 2 aromatic rings. The van der Waals surface area contributed by atoms with Crippen molar-refractivity contribution in [3.8, 4) is 11.5 Å². The Balaban J connectivity index is 2.29. The number of hydrogen-bond acceptors (Lipinski definition) is 6. The molecule has 0 aliphatic rings. The van der Waals surface area contributed by atoms with Crippen molar-refractivity contribution in [2.24, 2.45) is 5.10 Å². The molecule has 7 nitrogen and oxygen atoms in total. The summed E-state index contributed by atoms with van der Waals surface area (Å²) in [4.78, 5) is 10.2. The summed E-state index contributed by atoms with van der Waals surface area (Å²) in [5.41, 5.74) is 0.695. The number of nitro benzene ring substituents is 1. The van der Waals surface area contributed by atoms with Crippen molar-refractivity contribution in [2.45, 2.75) is 20.0 Å². The highest BCUT2D eigenvalue weighted by molar-refractivity contribution is 6.33. The topological polar surface area (TPSA) is 86.0 Å². The molecule has 11 heteroatoms. The van der Waals surface area contributed by atoms with E-state index >= 15 is 0 Å². The Morgan fingerprint density at radius 3 is 2.34 bits per heavy atom. The summed E-state index contributed by atoms with van der Waals surface area (Å²) in [5, 5.41) is 15.2. The van der Waals surface area contributed by atoms with E-state index in [4.69, 9.17) is 21.1 Å². The van der Waals surface area contributed by atoms with Gasteiger partial charge in [0.15, 0.2) is 11.5 Å². The Labute approximate surface area is 169 Å². The second kappa shape index (κ2) is 9.46. The van der Waals surface area contributed by atoms with Crippen molar-refractivity contribution in [1.29, 1.82) is 0 Å². The summed E-state index contributed by atoms with van der Waals surface area (Å²) >= 11 is 6.18. The fourth-order valence-corrected chi connectivity index (χ4v) is 2.51. The molecule has 156 valence electrons. The van der Waals surface area contributed by atoms with Gasteiger partial charge >= 0.3 is 6.18 Å². The Bertz CT molecular complexity index is 920. The highest BCUT2D eigenvalue weighted by Crippen LogP contribution is 2.35. The number of benzene rings is 2. The average molecular weight is 432 g/mol. The molecule has 0 spiro atoms. The number of anilines is 1. The van der Waals surface area contributed by atoms with Crippen LogP contribution in [0.4, 0.5) is 24.5 Å². The van der Waals surface area contributed by atoms with E-state index in [0.717, 1.165) is 12.1 Å². The molecule has 2 aromatic carbocycles. The van der Waals surface area contributed by atoms with Crippen LogP contribution in [0.5, 0.6) is 11.5 Å². The van der Waals surface area contributed by atoms with Crippen LogP contribution in [0, 0.1) is 10.1 Å². The van der Waals surface area contributed by atoms with Crippen LogP contribution in [0.1, 0.15) is 25.0 Å². The van der Waals surface area contributed by atoms with Gasteiger partial charge in [-0.3, -0.25) is 15.5 Å². The third-order valence-electron chi connectivity index (χ3n) is 3.57. The van der Waals surface area contributed by atoms with E-state index in [0.29, 0.717) is 36.3 Å². The van der Waals surface area contributed by atoms with Gasteiger partial charge in [-0.05, 0) is 32.0 Å². The number of rotatable bonds is 8. The van der Waals surface area contributed by atoms with Crippen molar-refractivity contribution in [3.05, 3.63) is 56.6 Å². The van der Waals surface area contributed by atoms with E-state index in [-0.39, 0.29) is 10.7 Å². The minimum atomic E-state index is -4.70. The first kappa shape index (κ1) is 22.3. The molecular weight excluding hydrogens is 415 g/mol. The van der Waals surface area contributed by atoms with E-state index in [1.165, 1.54) is 12.3 Å². The lowest BCUT2D eigenvalue weighted by atomic mass is 10.1. The molecule has 0 heterocycles. The van der Waals surface area contributed by atoms with E-state index in [1.54, 1.807) is 19.9 Å². The first-order chi connectivity index (χ1) is 13.7. The molecule has 0 saturated heterocycles. The van der Waals surface area contributed by atoms with E-state index in [2.05, 4.69) is 10.5 Å². The quantitative estimate of drug-likeness (QED) is 0.338. The number of alkyl halides is 3. The highest BCUT2D eigenvalue weighted by Gasteiger charge is 2.33. The minimum Gasteiger partial charge on any atom is -0.490 e. The lowest BCUT2D eigenvalue weighted by Gasteiger charge is -2.12. The molecule has 0 unspecified atom stereocenters. The number of ether oxygens (including phenoxy) is 2. The Hall–Kier alpha value is -3.01. The summed E-state index contributed by atoms with van der Waals surface area (Å²) in [6, 6.07) is 5.21. The minimum absolute atomic E-state index is 0.202. The predicted octanol–water partition coefficient (Wildman–Crippen LogP) is 5.51. The third kappa shape index (κ3) is 5.74. The summed E-state index contributed by atoms with van der Waals surface area (Å²) < 4.78 is 49.2. The first-order valence-electron chi connectivity index (χ1n) is 8.41. The Morgan fingerprint density at radius 2 is 1.79 bits per heavy atom. The van der Waals surface area contributed by atoms with Crippen molar-refractivity contribution in [1.82, 2.24) is 0 Å². The second-order valence-corrected chi connectivity index (χ2v) is 5.95. The standard InChI is InChI=1S/C18H17ClF3N3O4/c1-3-28-16-7-11(13(19)9-17(16)29-4-2)10-23-24-14-6-5-12(18(20,21)22)8-15(14)25(26)27/h5-10,24H,3-4H2,1-2H3/b23-10-. The predicted molar refractivity (Wildman–Crippen MR) is 103 cm³/mol. The smallest absolute Gasteiger partial charge is 0.416 e. The van der Waals surface area contributed by atoms with Crippen LogP contribution < -0.4 is 14.9 Å². The molecule has 0 aliphatic carbocycles. The molecule has 0 aromatic heterocycles. The van der Waals surface area contributed by atoms with Crippen molar-refractivity contribution in [2.75, 3.05) is 18.6 Å². The van der Waals surface area contributed by atoms with Gasteiger partial charge in [-0.1, -0.05) is 11.6 Å². The number of nitrogens with zero attached hydrogens (tertiary/aromatic N) is 2. The molecule has 0 amide bonds. The van der Waals surface area contributed by atoms with Gasteiger partial charge in [0.25, 0.3) is 5.69 Å². The van der Waals surface area contributed by atoms with Crippen LogP contribution in [0.3, 0.4) is 0 Å². The van der Waals surface area contributed by atoms with Gasteiger partial charge in [0.05, 0.1) is 34.9 Å². The lowest BCUT2D eigenvalue weighted by Crippen LogP contribution is -2.06. The van der Waals surface area contributed by atoms with Crippen LogP contribution in [0.25, 0.3) is 0 Å². The van der Waals surface area contributed by atoms with Gasteiger partial charge < -0.3 is 9.47 Å². The molecule has 0 bridgehead atoms. The Kier molecular flexibility index (Phi) is 7.27. The second-order valence-electron chi connectivity index (χ2n) is 5.54. The molecule has 0 radical (unpaired) electrons. The van der Waals surface area contributed by atoms with Gasteiger partial charge in [-0.15, -0.1) is 0 Å². The summed E-state index contributed by atoms with van der Waals surface area (Å²) in [5.74, 6) is 0.878. The molecule has 0 atom stereocenters. The number of halogens is 4. The van der Waals surface area contributed by atoms with E-state index in [9.17, 15) is 23.3 Å². The number of nitro groups is 1. The van der Waals surface area contributed by atoms with E-state index < -0.39 is 22.4 Å². The van der Waals surface area contributed by atoms with Crippen molar-refractivity contribution >= 4 is 29.2 Å². The average Bonchev–Trinajstić information content (AvgIpc) is 2.64. The van der Waals surface area contributed by atoms with E-state index in [1.807, 2.05) is 0 Å². The van der Waals surface area contributed by atoms with Crippen LogP contribution in [-0.2, 0) is 6.18 Å². The zero-order chi connectivity index (χ0) is 21.6. The van der Waals surface area contributed by atoms with Gasteiger partial charge in [0, 0.05) is 17.7 Å². The van der Waals surface area contributed by atoms with Crippen LogP contribution >= 0.6 is 11.6 Å². The SMILES string of the molecule is CCOc1cc(Cl)c(/C=N\Nc2ccc(C(F)(F)F)cc2[N+](=O)[O-])cc1OCC. The molecule has 0 saturated carbocycles. The number of hydrazone groups is 1. The molecule has 1 N–H and O–H groups in total. The maximum atomic E-state index is 12.8. The van der Waals surface area contributed by atoms with Gasteiger partial charge in [0.2, 0.25) is 0 Å². The summed E-state index contributed by atoms with van der Waals surface area (Å²) in [6.07, 6.45) is -3.43. The van der Waals surface area contributed by atoms with Crippen LogP contribution in [-0.4, -0.2) is 24.4 Å². The van der Waals surface area contributed by atoms with Crippen LogP contribution in [0.2, 0.25) is 5.02 Å². The molecular formula is C18H17ClF3N3O4. The normalized spacial score (nSPS) is 11.5. The Morgan fingerprint density at radius 1 is 1.17 bits per heavy atom. The summed E-state index contributed by atoms with van der Waals surface area (Å²) in [7, 11) is 0. The maximum Gasteiger partial charge on any atom is 0.416 e. The maximum absolute atomic E-state index is 12.8. The third-order valence-corrected chi connectivity index (χ3v) is 3.90. The molecule has 29 heavy (non-hydrogen) atoms. The van der Waals surface area contributed by atoms with Gasteiger partial charge in [0.1, 0.15) is 5.69 Å². The van der Waals surface area contributed by atoms with Gasteiger partial charge in [-0.2, -0.15) is 18.3 Å². The zero-order valence-electron chi connectivity index (χ0n) is 15.4. The molecule has 2 rings (SSSR count). The zero-order valence-corrected chi connectivity index (χ0v) is 16.2. The summed E-state index contributed by atoms with van der Waals surface area (Å²) in [6.45, 7) is 4.39. The molecule has 0 aliphatic heterocycles. The number of nitrogens with one attached hydrogen (secondary N) is 1. The monoisotopic (exact) mass is 431 g/mol. The van der Waals surface area contributed by atoms with Gasteiger partial charge in [-0.25, -0.2) is 0 Å². The van der Waals surface area contributed by atoms with Crippen LogP contribution in [0.15, 0.2) is 35.4 Å².